The highest BCUT2D eigenvalue weighted by molar-refractivity contribution is 7.85. The molecule has 0 aliphatic heterocycles. The molecule has 0 saturated heterocycles. The fraction of sp³-hybridized carbons (Fsp3) is 0.667. The number of hydrogen-bond acceptors (Lipinski definition) is 3. The summed E-state index contributed by atoms with van der Waals surface area (Å²) < 4.78 is 32.9. The molecule has 4 nitrogen and oxygen atoms in total. The molecular formula is C18H26O4S. The molecule has 128 valence electrons. The Morgan fingerprint density at radius 3 is 1.52 bits per heavy atom. The zero-order chi connectivity index (χ0) is 16.4. The lowest BCUT2D eigenvalue weighted by Crippen LogP contribution is -2.11. The molecule has 0 unspecified atom stereocenters. The van der Waals surface area contributed by atoms with Gasteiger partial charge in [-0.05, 0) is 60.8 Å². The predicted molar refractivity (Wildman–Crippen MR) is 89.6 cm³/mol. The van der Waals surface area contributed by atoms with Gasteiger partial charge in [-0.3, -0.25) is 4.55 Å². The van der Waals surface area contributed by atoms with E-state index in [9.17, 15) is 18.1 Å². The Kier molecular flexibility index (Phi) is 4.97. The van der Waals surface area contributed by atoms with Crippen molar-refractivity contribution in [2.45, 2.75) is 80.9 Å². The lowest BCUT2D eigenvalue weighted by molar-refractivity contribution is 0.391. The summed E-state index contributed by atoms with van der Waals surface area (Å²) in [6.45, 7) is 0. The molecule has 2 aliphatic rings. The zero-order valence-corrected chi connectivity index (χ0v) is 14.3. The number of aromatic hydroxyl groups is 1. The molecule has 2 aliphatic carbocycles. The van der Waals surface area contributed by atoms with E-state index in [0.717, 1.165) is 62.5 Å². The molecule has 2 fully saturated rings. The Labute approximate surface area is 138 Å². The minimum atomic E-state index is -4.25. The second-order valence-corrected chi connectivity index (χ2v) is 8.52. The van der Waals surface area contributed by atoms with E-state index in [1.165, 1.54) is 25.0 Å². The third-order valence-electron chi connectivity index (χ3n) is 5.53. The van der Waals surface area contributed by atoms with E-state index in [4.69, 9.17) is 0 Å². The topological polar surface area (TPSA) is 74.6 Å². The van der Waals surface area contributed by atoms with Gasteiger partial charge in [0.1, 0.15) is 5.75 Å². The standard InChI is InChI=1S/C18H26O4S/c19-18-16(13-7-3-1-4-8-13)11-15(23(20,21)22)12-17(18)14-9-5-2-6-10-14/h11-14,19H,1-10H2,(H,20,21,22). The maximum atomic E-state index is 11.7. The van der Waals surface area contributed by atoms with Crippen LogP contribution in [0.1, 0.15) is 87.2 Å². The van der Waals surface area contributed by atoms with Gasteiger partial charge in [0.2, 0.25) is 0 Å². The Balaban J connectivity index is 2.06. The molecule has 23 heavy (non-hydrogen) atoms. The van der Waals surface area contributed by atoms with Crippen LogP contribution in [0.15, 0.2) is 17.0 Å². The molecule has 1 aromatic rings. The minimum Gasteiger partial charge on any atom is -0.507 e. The lowest BCUT2D eigenvalue weighted by Gasteiger charge is -2.28. The third-order valence-corrected chi connectivity index (χ3v) is 6.36. The highest BCUT2D eigenvalue weighted by atomic mass is 32.2. The van der Waals surface area contributed by atoms with Crippen LogP contribution in [-0.4, -0.2) is 18.1 Å². The van der Waals surface area contributed by atoms with Crippen molar-refractivity contribution >= 4 is 10.1 Å². The lowest BCUT2D eigenvalue weighted by atomic mass is 9.79. The van der Waals surface area contributed by atoms with E-state index in [1.807, 2.05) is 0 Å². The van der Waals surface area contributed by atoms with E-state index < -0.39 is 10.1 Å². The summed E-state index contributed by atoms with van der Waals surface area (Å²) >= 11 is 0. The minimum absolute atomic E-state index is 0.0588. The van der Waals surface area contributed by atoms with Crippen molar-refractivity contribution in [1.82, 2.24) is 0 Å². The maximum absolute atomic E-state index is 11.7. The Morgan fingerprint density at radius 2 is 1.17 bits per heavy atom. The van der Waals surface area contributed by atoms with Crippen LogP contribution in [0.3, 0.4) is 0 Å². The molecule has 2 N–H and O–H groups in total. The number of phenolic OH excluding ortho intramolecular Hbond substituents is 1. The molecule has 1 aromatic carbocycles. The average Bonchev–Trinajstić information content (AvgIpc) is 2.55. The highest BCUT2D eigenvalue weighted by Crippen LogP contribution is 2.44. The van der Waals surface area contributed by atoms with Gasteiger partial charge >= 0.3 is 0 Å². The second kappa shape index (κ2) is 6.81. The van der Waals surface area contributed by atoms with Gasteiger partial charge in [-0.2, -0.15) is 8.42 Å². The number of rotatable bonds is 3. The van der Waals surface area contributed by atoms with Crippen molar-refractivity contribution in [1.29, 1.82) is 0 Å². The van der Waals surface area contributed by atoms with Gasteiger partial charge in [0.05, 0.1) is 4.90 Å². The number of phenols is 1. The summed E-state index contributed by atoms with van der Waals surface area (Å²) in [6, 6.07) is 2.99. The summed E-state index contributed by atoms with van der Waals surface area (Å²) in [7, 11) is -4.25. The zero-order valence-electron chi connectivity index (χ0n) is 13.5. The normalized spacial score (nSPS) is 21.4. The van der Waals surface area contributed by atoms with Crippen molar-refractivity contribution < 1.29 is 18.1 Å². The molecule has 0 aromatic heterocycles. The van der Waals surface area contributed by atoms with Crippen LogP contribution in [0.4, 0.5) is 0 Å². The van der Waals surface area contributed by atoms with E-state index in [-0.39, 0.29) is 22.5 Å². The van der Waals surface area contributed by atoms with Crippen molar-refractivity contribution in [2.75, 3.05) is 0 Å². The van der Waals surface area contributed by atoms with Crippen molar-refractivity contribution in [3.63, 3.8) is 0 Å². The van der Waals surface area contributed by atoms with E-state index >= 15 is 0 Å². The molecule has 2 saturated carbocycles. The van der Waals surface area contributed by atoms with Crippen molar-refractivity contribution in [2.24, 2.45) is 0 Å². The first-order chi connectivity index (χ1) is 11.0. The largest absolute Gasteiger partial charge is 0.507 e. The first-order valence-electron chi connectivity index (χ1n) is 8.81. The first kappa shape index (κ1) is 16.8. The molecule has 0 bridgehead atoms. The summed E-state index contributed by atoms with van der Waals surface area (Å²) in [6.07, 6.45) is 10.8. The van der Waals surface area contributed by atoms with E-state index in [2.05, 4.69) is 0 Å². The van der Waals surface area contributed by atoms with Gasteiger partial charge in [0, 0.05) is 0 Å². The molecule has 0 spiro atoms. The molecule has 3 rings (SSSR count). The Hall–Kier alpha value is -1.07. The van der Waals surface area contributed by atoms with Gasteiger partial charge in [0.25, 0.3) is 10.1 Å². The smallest absolute Gasteiger partial charge is 0.294 e. The SMILES string of the molecule is O=S(=O)(O)c1cc(C2CCCCC2)c(O)c(C2CCCCC2)c1. The Bertz CT molecular complexity index is 615. The average molecular weight is 338 g/mol. The highest BCUT2D eigenvalue weighted by Gasteiger charge is 2.27. The summed E-state index contributed by atoms with van der Waals surface area (Å²) in [4.78, 5) is -0.0588. The Morgan fingerprint density at radius 1 is 0.783 bits per heavy atom. The van der Waals surface area contributed by atoms with E-state index in [1.54, 1.807) is 0 Å². The number of hydrogen-bond donors (Lipinski definition) is 2. The van der Waals surface area contributed by atoms with Crippen LogP contribution in [0.25, 0.3) is 0 Å². The molecule has 0 radical (unpaired) electrons. The van der Waals surface area contributed by atoms with Gasteiger partial charge in [-0.25, -0.2) is 0 Å². The van der Waals surface area contributed by atoms with Gasteiger partial charge in [-0.1, -0.05) is 38.5 Å². The van der Waals surface area contributed by atoms with E-state index in [0.29, 0.717) is 0 Å². The van der Waals surface area contributed by atoms with Crippen LogP contribution < -0.4 is 0 Å². The second-order valence-electron chi connectivity index (χ2n) is 7.10. The molecule has 5 heteroatoms. The van der Waals surface area contributed by atoms with Gasteiger partial charge in [0.15, 0.2) is 0 Å². The monoisotopic (exact) mass is 338 g/mol. The van der Waals surface area contributed by atoms with Gasteiger partial charge in [-0.15, -0.1) is 0 Å². The fourth-order valence-electron chi connectivity index (χ4n) is 4.25. The summed E-state index contributed by atoms with van der Waals surface area (Å²) in [5, 5.41) is 10.8. The fourth-order valence-corrected chi connectivity index (χ4v) is 4.80. The van der Waals surface area contributed by atoms with Crippen LogP contribution in [0.2, 0.25) is 0 Å². The quantitative estimate of drug-likeness (QED) is 0.781. The molecular weight excluding hydrogens is 312 g/mol. The summed E-state index contributed by atoms with van der Waals surface area (Å²) in [5.41, 5.74) is 1.45. The van der Waals surface area contributed by atoms with Crippen LogP contribution >= 0.6 is 0 Å². The molecule has 0 heterocycles. The first-order valence-corrected chi connectivity index (χ1v) is 10.2. The molecule has 0 amide bonds. The van der Waals surface area contributed by atoms with Crippen LogP contribution in [0, 0.1) is 0 Å². The van der Waals surface area contributed by atoms with Crippen LogP contribution in [0.5, 0.6) is 5.75 Å². The summed E-state index contributed by atoms with van der Waals surface area (Å²) in [5.74, 6) is 0.678. The van der Waals surface area contributed by atoms with Crippen molar-refractivity contribution in [3.05, 3.63) is 23.3 Å². The van der Waals surface area contributed by atoms with Crippen LogP contribution in [-0.2, 0) is 10.1 Å². The third kappa shape index (κ3) is 3.72. The predicted octanol–water partition coefficient (Wildman–Crippen LogP) is 4.73. The number of benzene rings is 1. The maximum Gasteiger partial charge on any atom is 0.294 e. The molecule has 0 atom stereocenters. The van der Waals surface area contributed by atoms with Gasteiger partial charge < -0.3 is 5.11 Å². The van der Waals surface area contributed by atoms with Crippen molar-refractivity contribution in [3.8, 4) is 5.75 Å².